The van der Waals surface area contributed by atoms with Gasteiger partial charge >= 0.3 is 5.97 Å². The minimum Gasteiger partial charge on any atom is -0.464 e. The third kappa shape index (κ3) is 3.18. The first-order valence-corrected chi connectivity index (χ1v) is 8.86. The topological polar surface area (TPSA) is 85.4 Å². The predicted molar refractivity (Wildman–Crippen MR) is 75.2 cm³/mol. The van der Waals surface area contributed by atoms with Gasteiger partial charge in [-0.05, 0) is 25.7 Å². The van der Waals surface area contributed by atoms with Gasteiger partial charge in [-0.25, -0.2) is 22.9 Å². The zero-order valence-corrected chi connectivity index (χ0v) is 13.1. The third-order valence-corrected chi connectivity index (χ3v) is 6.53. The molecule has 0 bridgehead atoms. The summed E-state index contributed by atoms with van der Waals surface area (Å²) >= 11 is 0.922. The van der Waals surface area contributed by atoms with Gasteiger partial charge in [-0.3, -0.25) is 0 Å². The maximum Gasteiger partial charge on any atom is 0.358 e. The number of nitrogens with zero attached hydrogens (tertiary/aromatic N) is 1. The minimum atomic E-state index is -3.73. The first-order chi connectivity index (χ1) is 9.45. The molecule has 6 nitrogen and oxygen atoms in total. The lowest BCUT2D eigenvalue weighted by atomic mass is 10.0. The molecule has 0 radical (unpaired) electrons. The Morgan fingerprint density at radius 3 is 2.75 bits per heavy atom. The number of carbonyl (C=O) groups is 1. The minimum absolute atomic E-state index is 0.0748. The molecule has 1 unspecified atom stereocenters. The van der Waals surface area contributed by atoms with E-state index in [0.717, 1.165) is 37.0 Å². The van der Waals surface area contributed by atoms with E-state index in [1.807, 2.05) is 6.92 Å². The van der Waals surface area contributed by atoms with E-state index in [2.05, 4.69) is 14.4 Å². The van der Waals surface area contributed by atoms with Gasteiger partial charge in [-0.2, -0.15) is 0 Å². The van der Waals surface area contributed by atoms with Crippen LogP contribution in [0.2, 0.25) is 0 Å². The van der Waals surface area contributed by atoms with Crippen molar-refractivity contribution < 1.29 is 17.9 Å². The summed E-state index contributed by atoms with van der Waals surface area (Å²) in [4.78, 5) is 15.3. The third-order valence-electron chi connectivity index (χ3n) is 3.61. The SMILES string of the molecule is COC(=O)c1ncsc1S(=O)(=O)NC(C)C1CCCC1. The average Bonchev–Trinajstić information content (AvgIpc) is 3.08. The number of carbonyl (C=O) groups excluding carboxylic acids is 1. The van der Waals surface area contributed by atoms with Gasteiger partial charge in [-0.1, -0.05) is 12.8 Å². The van der Waals surface area contributed by atoms with Crippen molar-refractivity contribution in [2.45, 2.75) is 42.9 Å². The van der Waals surface area contributed by atoms with Crippen molar-refractivity contribution in [2.24, 2.45) is 5.92 Å². The van der Waals surface area contributed by atoms with E-state index in [9.17, 15) is 13.2 Å². The van der Waals surface area contributed by atoms with Gasteiger partial charge in [0, 0.05) is 6.04 Å². The Bertz CT molecular complexity index is 576. The molecule has 0 spiro atoms. The van der Waals surface area contributed by atoms with E-state index in [0.29, 0.717) is 5.92 Å². The molecule has 2 rings (SSSR count). The van der Waals surface area contributed by atoms with Crippen molar-refractivity contribution in [3.05, 3.63) is 11.2 Å². The molecule has 8 heteroatoms. The van der Waals surface area contributed by atoms with Gasteiger partial charge in [0.1, 0.15) is 0 Å². The predicted octanol–water partition coefficient (Wildman–Crippen LogP) is 1.79. The van der Waals surface area contributed by atoms with Gasteiger partial charge in [0.05, 0.1) is 12.6 Å². The Kier molecular flexibility index (Phi) is 4.77. The van der Waals surface area contributed by atoms with Crippen molar-refractivity contribution >= 4 is 27.3 Å². The van der Waals surface area contributed by atoms with Gasteiger partial charge in [0.2, 0.25) is 0 Å². The maximum atomic E-state index is 12.4. The van der Waals surface area contributed by atoms with Crippen molar-refractivity contribution in [3.8, 4) is 0 Å². The van der Waals surface area contributed by atoms with Crippen LogP contribution in [0, 0.1) is 5.92 Å². The zero-order chi connectivity index (χ0) is 14.8. The summed E-state index contributed by atoms with van der Waals surface area (Å²) in [5, 5.41) is 0. The number of nitrogens with one attached hydrogen (secondary N) is 1. The number of aromatic nitrogens is 1. The van der Waals surface area contributed by atoms with Crippen molar-refractivity contribution in [2.75, 3.05) is 7.11 Å². The quantitative estimate of drug-likeness (QED) is 0.837. The second kappa shape index (κ2) is 6.19. The lowest BCUT2D eigenvalue weighted by molar-refractivity contribution is 0.0590. The highest BCUT2D eigenvalue weighted by molar-refractivity contribution is 7.91. The highest BCUT2D eigenvalue weighted by atomic mass is 32.2. The highest BCUT2D eigenvalue weighted by Gasteiger charge is 2.30. The van der Waals surface area contributed by atoms with E-state index in [-0.39, 0.29) is 15.9 Å². The smallest absolute Gasteiger partial charge is 0.358 e. The lowest BCUT2D eigenvalue weighted by Gasteiger charge is -2.19. The van der Waals surface area contributed by atoms with Gasteiger partial charge in [0.25, 0.3) is 10.0 Å². The molecule has 0 amide bonds. The summed E-state index contributed by atoms with van der Waals surface area (Å²) in [6.07, 6.45) is 4.36. The average molecular weight is 318 g/mol. The number of hydrogen-bond acceptors (Lipinski definition) is 6. The molecule has 1 N–H and O–H groups in total. The Morgan fingerprint density at radius 2 is 2.15 bits per heavy atom. The Labute approximate surface area is 122 Å². The van der Waals surface area contributed by atoms with E-state index >= 15 is 0 Å². The summed E-state index contributed by atoms with van der Waals surface area (Å²) in [5.74, 6) is -0.376. The van der Waals surface area contributed by atoms with Crippen LogP contribution in [0.25, 0.3) is 0 Å². The molecule has 112 valence electrons. The Morgan fingerprint density at radius 1 is 1.50 bits per heavy atom. The molecule has 1 heterocycles. The molecule has 1 aromatic heterocycles. The molecule has 1 aliphatic rings. The van der Waals surface area contributed by atoms with E-state index in [1.165, 1.54) is 12.6 Å². The largest absolute Gasteiger partial charge is 0.464 e. The van der Waals surface area contributed by atoms with E-state index < -0.39 is 16.0 Å². The number of sulfonamides is 1. The van der Waals surface area contributed by atoms with Crippen molar-refractivity contribution in [3.63, 3.8) is 0 Å². The monoisotopic (exact) mass is 318 g/mol. The number of esters is 1. The molecular weight excluding hydrogens is 300 g/mol. The number of hydrogen-bond donors (Lipinski definition) is 1. The molecule has 20 heavy (non-hydrogen) atoms. The van der Waals surface area contributed by atoms with Crippen molar-refractivity contribution in [1.82, 2.24) is 9.71 Å². The van der Waals surface area contributed by atoms with E-state index in [4.69, 9.17) is 0 Å². The molecular formula is C12H18N2O4S2. The summed E-state index contributed by atoms with van der Waals surface area (Å²) in [7, 11) is -2.53. The maximum absolute atomic E-state index is 12.4. The first kappa shape index (κ1) is 15.4. The van der Waals surface area contributed by atoms with Crippen LogP contribution >= 0.6 is 11.3 Å². The molecule has 0 saturated heterocycles. The molecule has 0 aliphatic heterocycles. The molecule has 1 aliphatic carbocycles. The second-order valence-electron chi connectivity index (χ2n) is 4.93. The number of ether oxygens (including phenoxy) is 1. The van der Waals surface area contributed by atoms with Gasteiger partial charge in [-0.15, -0.1) is 11.3 Å². The number of methoxy groups -OCH3 is 1. The molecule has 1 atom stereocenters. The lowest BCUT2D eigenvalue weighted by Crippen LogP contribution is -2.37. The van der Waals surface area contributed by atoms with Crippen LogP contribution in [0.15, 0.2) is 9.72 Å². The summed E-state index contributed by atoms with van der Waals surface area (Å²) in [6.45, 7) is 1.87. The zero-order valence-electron chi connectivity index (χ0n) is 11.5. The van der Waals surface area contributed by atoms with Crippen LogP contribution < -0.4 is 4.72 Å². The van der Waals surface area contributed by atoms with Gasteiger partial charge < -0.3 is 4.74 Å². The number of rotatable bonds is 5. The van der Waals surface area contributed by atoms with E-state index in [1.54, 1.807) is 0 Å². The molecule has 1 aromatic rings. The Balaban J connectivity index is 2.18. The highest BCUT2D eigenvalue weighted by Crippen LogP contribution is 2.29. The fraction of sp³-hybridized carbons (Fsp3) is 0.667. The summed E-state index contributed by atoms with van der Waals surface area (Å²) < 4.78 is 31.8. The van der Waals surface area contributed by atoms with Gasteiger partial charge in [0.15, 0.2) is 9.90 Å². The fourth-order valence-corrected chi connectivity index (χ4v) is 4.97. The van der Waals surface area contributed by atoms with Crippen molar-refractivity contribution in [1.29, 1.82) is 0 Å². The molecule has 0 aromatic carbocycles. The fourth-order valence-electron chi connectivity index (χ4n) is 2.51. The van der Waals surface area contributed by atoms with Crippen LogP contribution in [-0.4, -0.2) is 32.5 Å². The van der Waals surface area contributed by atoms with Crippen LogP contribution in [0.1, 0.15) is 43.1 Å². The second-order valence-corrected chi connectivity index (χ2v) is 7.70. The first-order valence-electron chi connectivity index (χ1n) is 6.50. The normalized spacial score (nSPS) is 18.1. The summed E-state index contributed by atoms with van der Waals surface area (Å²) in [6, 6.07) is -0.143. The Hall–Kier alpha value is -0.990. The van der Waals surface area contributed by atoms with Crippen LogP contribution in [-0.2, 0) is 14.8 Å². The van der Waals surface area contributed by atoms with Crippen LogP contribution in [0.4, 0.5) is 0 Å². The van der Waals surface area contributed by atoms with Crippen LogP contribution in [0.3, 0.4) is 0 Å². The standard InChI is InChI=1S/C12H18N2O4S2/c1-8(9-5-3-4-6-9)14-20(16,17)12-10(11(15)18-2)13-7-19-12/h7-9,14H,3-6H2,1-2H3. The molecule has 1 saturated carbocycles. The number of thiazole rings is 1. The molecule has 1 fully saturated rings. The van der Waals surface area contributed by atoms with Crippen LogP contribution in [0.5, 0.6) is 0 Å². The summed E-state index contributed by atoms with van der Waals surface area (Å²) in [5.41, 5.74) is 1.18.